The molecule has 0 amide bonds. The van der Waals surface area contributed by atoms with Gasteiger partial charge in [-0.05, 0) is 25.7 Å². The van der Waals surface area contributed by atoms with Gasteiger partial charge in [-0.3, -0.25) is 4.79 Å². The molecule has 0 aliphatic heterocycles. The lowest BCUT2D eigenvalue weighted by molar-refractivity contribution is -0.141. The molecule has 5 heteroatoms. The molecule has 0 aromatic heterocycles. The Morgan fingerprint density at radius 1 is 1.40 bits per heavy atom. The number of carbonyl (C=O) groups excluding carboxylic acids is 1. The normalized spacial score (nSPS) is 33.3. The summed E-state index contributed by atoms with van der Waals surface area (Å²) < 4.78 is 4.60. The molecule has 1 rings (SSSR count). The van der Waals surface area contributed by atoms with Gasteiger partial charge in [-0.2, -0.15) is 0 Å². The van der Waals surface area contributed by atoms with Crippen LogP contribution in [0.1, 0.15) is 39.5 Å². The summed E-state index contributed by atoms with van der Waals surface area (Å²) in [5, 5.41) is 30.0. The summed E-state index contributed by atoms with van der Waals surface area (Å²) >= 11 is 0. The van der Waals surface area contributed by atoms with E-state index in [1.54, 1.807) is 19.1 Å². The molecule has 1 aliphatic rings. The van der Waals surface area contributed by atoms with Crippen molar-refractivity contribution in [2.45, 2.75) is 57.3 Å². The van der Waals surface area contributed by atoms with Gasteiger partial charge in [0.05, 0.1) is 24.9 Å². The molecule has 0 aromatic rings. The first-order valence-electron chi connectivity index (χ1n) is 7.15. The van der Waals surface area contributed by atoms with E-state index in [2.05, 4.69) is 4.74 Å². The highest BCUT2D eigenvalue weighted by molar-refractivity contribution is 5.69. The molecule has 116 valence electrons. The molecule has 0 saturated heterocycles. The van der Waals surface area contributed by atoms with Crippen molar-refractivity contribution in [3.63, 3.8) is 0 Å². The minimum absolute atomic E-state index is 0.187. The molecule has 0 spiro atoms. The van der Waals surface area contributed by atoms with Crippen LogP contribution in [0, 0.1) is 11.8 Å². The third kappa shape index (κ3) is 4.58. The van der Waals surface area contributed by atoms with Crippen molar-refractivity contribution in [2.24, 2.45) is 11.8 Å². The predicted octanol–water partition coefficient (Wildman–Crippen LogP) is 1.01. The third-order valence-electron chi connectivity index (χ3n) is 4.22. The number of aliphatic hydroxyl groups excluding tert-OH is 2. The summed E-state index contributed by atoms with van der Waals surface area (Å²) in [7, 11) is 1.33. The number of carbonyl (C=O) groups is 1. The molecule has 0 heterocycles. The smallest absolute Gasteiger partial charge is 0.305 e. The molecule has 0 bridgehead atoms. The molecular formula is C15H26O5. The summed E-state index contributed by atoms with van der Waals surface area (Å²) in [6.07, 6.45) is 3.73. The Balaban J connectivity index is 2.72. The maximum Gasteiger partial charge on any atom is 0.305 e. The molecule has 5 atom stereocenters. The standard InChI is InChI=1S/C15H26O5/c1-4-15(2,19)8-7-11-10(5-6-14(18)20-3)12(16)9-13(11)17/h7-8,10-13,16-17,19H,4-6,9H2,1-3H3/b8-7+/t10-,11-,12+,13-,15?/m1/s1. The van der Waals surface area contributed by atoms with Crippen molar-refractivity contribution >= 4 is 5.97 Å². The van der Waals surface area contributed by atoms with Crippen LogP contribution < -0.4 is 0 Å². The van der Waals surface area contributed by atoms with Crippen LogP contribution in [0.2, 0.25) is 0 Å². The number of esters is 1. The molecule has 0 radical (unpaired) electrons. The average molecular weight is 286 g/mol. The zero-order chi connectivity index (χ0) is 15.3. The van der Waals surface area contributed by atoms with Crippen LogP contribution in [0.3, 0.4) is 0 Å². The second-order valence-electron chi connectivity index (χ2n) is 5.80. The second kappa shape index (κ2) is 7.20. The van der Waals surface area contributed by atoms with Crippen molar-refractivity contribution < 1.29 is 24.9 Å². The van der Waals surface area contributed by atoms with Crippen molar-refractivity contribution in [2.75, 3.05) is 7.11 Å². The van der Waals surface area contributed by atoms with E-state index in [9.17, 15) is 20.1 Å². The highest BCUT2D eigenvalue weighted by Crippen LogP contribution is 2.37. The van der Waals surface area contributed by atoms with Gasteiger partial charge < -0.3 is 20.1 Å². The van der Waals surface area contributed by atoms with Crippen LogP contribution in [0.5, 0.6) is 0 Å². The molecule has 5 nitrogen and oxygen atoms in total. The van der Waals surface area contributed by atoms with Crippen molar-refractivity contribution in [3.8, 4) is 0 Å². The Morgan fingerprint density at radius 2 is 2.05 bits per heavy atom. The predicted molar refractivity (Wildman–Crippen MR) is 74.9 cm³/mol. The summed E-state index contributed by atoms with van der Waals surface area (Å²) in [6, 6.07) is 0. The summed E-state index contributed by atoms with van der Waals surface area (Å²) in [6.45, 7) is 3.57. The highest BCUT2D eigenvalue weighted by Gasteiger charge is 2.40. The van der Waals surface area contributed by atoms with Crippen molar-refractivity contribution in [1.82, 2.24) is 0 Å². The lowest BCUT2D eigenvalue weighted by atomic mass is 9.87. The van der Waals surface area contributed by atoms with E-state index in [0.29, 0.717) is 19.3 Å². The summed E-state index contributed by atoms with van der Waals surface area (Å²) in [5.41, 5.74) is -0.917. The van der Waals surface area contributed by atoms with Gasteiger partial charge >= 0.3 is 5.97 Å². The molecule has 0 aromatic carbocycles. The van der Waals surface area contributed by atoms with E-state index in [1.807, 2.05) is 6.92 Å². The molecule has 20 heavy (non-hydrogen) atoms. The molecule has 1 saturated carbocycles. The van der Waals surface area contributed by atoms with Crippen LogP contribution in [0.4, 0.5) is 0 Å². The first-order valence-corrected chi connectivity index (χ1v) is 7.15. The monoisotopic (exact) mass is 286 g/mol. The number of hydrogen-bond acceptors (Lipinski definition) is 5. The molecule has 1 aliphatic carbocycles. The van der Waals surface area contributed by atoms with E-state index >= 15 is 0 Å². The van der Waals surface area contributed by atoms with Gasteiger partial charge in [-0.25, -0.2) is 0 Å². The van der Waals surface area contributed by atoms with Gasteiger partial charge in [-0.1, -0.05) is 19.1 Å². The number of rotatable bonds is 6. The Kier molecular flexibility index (Phi) is 6.17. The van der Waals surface area contributed by atoms with Crippen LogP contribution in [0.15, 0.2) is 12.2 Å². The third-order valence-corrected chi connectivity index (χ3v) is 4.22. The largest absolute Gasteiger partial charge is 0.469 e. The van der Waals surface area contributed by atoms with E-state index < -0.39 is 17.8 Å². The lowest BCUT2D eigenvalue weighted by Gasteiger charge is -2.22. The SMILES string of the molecule is CCC(C)(O)/C=C/[C@@H]1[C@@H](CCC(=O)OC)[C@@H](O)C[C@H]1O. The van der Waals surface area contributed by atoms with Gasteiger partial charge in [0.1, 0.15) is 0 Å². The fourth-order valence-corrected chi connectivity index (χ4v) is 2.60. The lowest BCUT2D eigenvalue weighted by Crippen LogP contribution is -2.24. The first kappa shape index (κ1) is 17.1. The Hall–Kier alpha value is -0.910. The maximum absolute atomic E-state index is 11.2. The topological polar surface area (TPSA) is 87.0 Å². The molecule has 1 fully saturated rings. The maximum atomic E-state index is 11.2. The highest BCUT2D eigenvalue weighted by atomic mass is 16.5. The zero-order valence-corrected chi connectivity index (χ0v) is 12.5. The Morgan fingerprint density at radius 3 is 2.60 bits per heavy atom. The van der Waals surface area contributed by atoms with Crippen LogP contribution in [-0.2, 0) is 9.53 Å². The number of aliphatic hydroxyl groups is 3. The van der Waals surface area contributed by atoms with Gasteiger partial charge in [0.2, 0.25) is 0 Å². The molecule has 1 unspecified atom stereocenters. The van der Waals surface area contributed by atoms with Gasteiger partial charge in [0.15, 0.2) is 0 Å². The summed E-state index contributed by atoms with van der Waals surface area (Å²) in [4.78, 5) is 11.2. The van der Waals surface area contributed by atoms with Crippen LogP contribution in [-0.4, -0.2) is 46.2 Å². The van der Waals surface area contributed by atoms with E-state index in [1.165, 1.54) is 7.11 Å². The zero-order valence-electron chi connectivity index (χ0n) is 12.5. The first-order chi connectivity index (χ1) is 9.30. The van der Waals surface area contributed by atoms with Crippen molar-refractivity contribution in [3.05, 3.63) is 12.2 Å². The quantitative estimate of drug-likeness (QED) is 0.501. The van der Waals surface area contributed by atoms with Crippen LogP contribution in [0.25, 0.3) is 0 Å². The fraction of sp³-hybridized carbons (Fsp3) is 0.800. The average Bonchev–Trinajstić information content (AvgIpc) is 2.67. The van der Waals surface area contributed by atoms with E-state index in [-0.39, 0.29) is 24.2 Å². The van der Waals surface area contributed by atoms with Crippen LogP contribution >= 0.6 is 0 Å². The van der Waals surface area contributed by atoms with Crippen molar-refractivity contribution in [1.29, 1.82) is 0 Å². The van der Waals surface area contributed by atoms with Gasteiger partial charge in [0.25, 0.3) is 0 Å². The summed E-state index contributed by atoms with van der Waals surface area (Å²) in [5.74, 6) is -0.748. The molecular weight excluding hydrogens is 260 g/mol. The fourth-order valence-electron chi connectivity index (χ4n) is 2.60. The number of ether oxygens (including phenoxy) is 1. The minimum Gasteiger partial charge on any atom is -0.469 e. The molecule has 3 N–H and O–H groups in total. The second-order valence-corrected chi connectivity index (χ2v) is 5.80. The van der Waals surface area contributed by atoms with E-state index in [4.69, 9.17) is 0 Å². The number of hydrogen-bond donors (Lipinski definition) is 3. The Labute approximate surface area is 120 Å². The van der Waals surface area contributed by atoms with Gasteiger partial charge in [0, 0.05) is 18.8 Å². The number of methoxy groups -OCH3 is 1. The minimum atomic E-state index is -0.917. The van der Waals surface area contributed by atoms with E-state index in [0.717, 1.165) is 0 Å². The van der Waals surface area contributed by atoms with Gasteiger partial charge in [-0.15, -0.1) is 0 Å². The Bertz CT molecular complexity index is 350.